The number of anilines is 3. The number of nitrogens with one attached hydrogen (secondary N) is 1. The molecule has 0 radical (unpaired) electrons. The lowest BCUT2D eigenvalue weighted by atomic mass is 10.2. The summed E-state index contributed by atoms with van der Waals surface area (Å²) in [5.41, 5.74) is 7.80. The summed E-state index contributed by atoms with van der Waals surface area (Å²) in [4.78, 5) is 24.1. The van der Waals surface area contributed by atoms with E-state index >= 15 is 0 Å². The Labute approximate surface area is 187 Å². The van der Waals surface area contributed by atoms with Crippen molar-refractivity contribution in [2.45, 2.75) is 6.43 Å². The molecule has 0 saturated carbocycles. The minimum Gasteiger partial charge on any atom is -0.397 e. The Balaban J connectivity index is 1.77. The molecule has 5 rings (SSSR count). The van der Waals surface area contributed by atoms with Crippen LogP contribution in [-0.2, 0) is 4.74 Å². The van der Waals surface area contributed by atoms with Gasteiger partial charge in [-0.1, -0.05) is 12.1 Å². The Morgan fingerprint density at radius 1 is 1.06 bits per heavy atom. The third-order valence-corrected chi connectivity index (χ3v) is 5.27. The zero-order chi connectivity index (χ0) is 22.9. The van der Waals surface area contributed by atoms with Gasteiger partial charge in [-0.25, -0.2) is 18.7 Å². The molecular formula is C21H21F2N9O. The fraction of sp³-hybridized carbons (Fsp3) is 0.286. The van der Waals surface area contributed by atoms with Crippen molar-refractivity contribution in [1.29, 1.82) is 0 Å². The van der Waals surface area contributed by atoms with Gasteiger partial charge in [0, 0.05) is 20.1 Å². The van der Waals surface area contributed by atoms with Crippen molar-refractivity contribution >= 4 is 28.5 Å². The maximum atomic E-state index is 14.0. The lowest BCUT2D eigenvalue weighted by Crippen LogP contribution is -2.37. The Bertz CT molecular complexity index is 1300. The van der Waals surface area contributed by atoms with E-state index in [2.05, 4.69) is 30.2 Å². The summed E-state index contributed by atoms with van der Waals surface area (Å²) in [7, 11) is 1.71. The fourth-order valence-electron chi connectivity index (χ4n) is 3.73. The Hall–Kier alpha value is -3.93. The first kappa shape index (κ1) is 20.9. The van der Waals surface area contributed by atoms with Crippen LogP contribution in [0.2, 0.25) is 0 Å². The molecule has 12 heteroatoms. The predicted molar refractivity (Wildman–Crippen MR) is 120 cm³/mol. The summed E-state index contributed by atoms with van der Waals surface area (Å²) in [6, 6.07) is 8.55. The Morgan fingerprint density at radius 2 is 1.82 bits per heavy atom. The van der Waals surface area contributed by atoms with Gasteiger partial charge in [-0.3, -0.25) is 4.57 Å². The number of nitrogen functional groups attached to an aromatic ring is 1. The Kier molecular flexibility index (Phi) is 5.42. The van der Waals surface area contributed by atoms with Gasteiger partial charge in [0.1, 0.15) is 5.82 Å². The van der Waals surface area contributed by atoms with Crippen molar-refractivity contribution in [3.05, 3.63) is 42.4 Å². The van der Waals surface area contributed by atoms with E-state index in [-0.39, 0.29) is 11.8 Å². The van der Waals surface area contributed by atoms with E-state index < -0.39 is 12.2 Å². The highest BCUT2D eigenvalue weighted by atomic mass is 19.3. The second kappa shape index (κ2) is 8.54. The third kappa shape index (κ3) is 3.89. The molecule has 3 N–H and O–H groups in total. The number of halogens is 2. The van der Waals surface area contributed by atoms with E-state index in [9.17, 15) is 8.78 Å². The molecule has 0 amide bonds. The first-order chi connectivity index (χ1) is 16.0. The smallest absolute Gasteiger partial charge is 0.296 e. The molecule has 0 atom stereocenters. The van der Waals surface area contributed by atoms with Crippen LogP contribution in [0.4, 0.5) is 26.2 Å². The number of nitrogens with zero attached hydrogens (tertiary/aromatic N) is 7. The van der Waals surface area contributed by atoms with Gasteiger partial charge in [-0.15, -0.1) is 0 Å². The number of ether oxygens (including phenoxy) is 1. The second-order valence-corrected chi connectivity index (χ2v) is 7.37. The zero-order valence-electron chi connectivity index (χ0n) is 17.7. The van der Waals surface area contributed by atoms with E-state index in [0.717, 1.165) is 0 Å². The van der Waals surface area contributed by atoms with Crippen molar-refractivity contribution in [2.24, 2.45) is 0 Å². The molecule has 1 aliphatic heterocycles. The summed E-state index contributed by atoms with van der Waals surface area (Å²) in [6.45, 7) is 2.13. The van der Waals surface area contributed by atoms with Gasteiger partial charge in [0.05, 0.1) is 41.7 Å². The number of morpholine rings is 1. The number of para-hydroxylation sites is 2. The van der Waals surface area contributed by atoms with Crippen LogP contribution < -0.4 is 16.0 Å². The molecule has 1 fully saturated rings. The van der Waals surface area contributed by atoms with Gasteiger partial charge in [0.2, 0.25) is 11.9 Å². The molecule has 4 heterocycles. The van der Waals surface area contributed by atoms with Crippen molar-refractivity contribution in [3.8, 4) is 17.3 Å². The molecule has 33 heavy (non-hydrogen) atoms. The lowest BCUT2D eigenvalue weighted by Gasteiger charge is -2.27. The zero-order valence-corrected chi connectivity index (χ0v) is 17.7. The second-order valence-electron chi connectivity index (χ2n) is 7.37. The fourth-order valence-corrected chi connectivity index (χ4v) is 3.73. The van der Waals surface area contributed by atoms with E-state index in [1.54, 1.807) is 37.4 Å². The number of benzene rings is 1. The SMILES string of the molecule is CNc1ncc(N)cc1-c1nc(N2CCOCC2)nc(-n2c(C(F)F)nc3ccccc32)n1. The van der Waals surface area contributed by atoms with Crippen molar-refractivity contribution in [1.82, 2.24) is 29.5 Å². The Morgan fingerprint density at radius 3 is 2.58 bits per heavy atom. The molecular weight excluding hydrogens is 432 g/mol. The van der Waals surface area contributed by atoms with Gasteiger partial charge in [-0.05, 0) is 18.2 Å². The maximum Gasteiger partial charge on any atom is 0.296 e. The maximum absolute atomic E-state index is 14.0. The summed E-state index contributed by atoms with van der Waals surface area (Å²) >= 11 is 0. The number of imidazole rings is 1. The quantitative estimate of drug-likeness (QED) is 0.470. The highest BCUT2D eigenvalue weighted by Crippen LogP contribution is 2.30. The normalized spacial score (nSPS) is 14.2. The molecule has 1 aliphatic rings. The van der Waals surface area contributed by atoms with Gasteiger partial charge in [-0.2, -0.15) is 15.0 Å². The number of aromatic nitrogens is 6. The summed E-state index contributed by atoms with van der Waals surface area (Å²) < 4.78 is 34.7. The lowest BCUT2D eigenvalue weighted by molar-refractivity contribution is 0.122. The number of hydrogen-bond acceptors (Lipinski definition) is 9. The topological polar surface area (TPSA) is 120 Å². The minimum atomic E-state index is -2.83. The highest BCUT2D eigenvalue weighted by Gasteiger charge is 2.25. The largest absolute Gasteiger partial charge is 0.397 e. The van der Waals surface area contributed by atoms with E-state index in [4.69, 9.17) is 10.5 Å². The number of pyridine rings is 1. The highest BCUT2D eigenvalue weighted by molar-refractivity contribution is 5.78. The van der Waals surface area contributed by atoms with Crippen LogP contribution in [0, 0.1) is 0 Å². The van der Waals surface area contributed by atoms with Gasteiger partial charge in [0.25, 0.3) is 6.43 Å². The number of rotatable bonds is 5. The molecule has 1 saturated heterocycles. The molecule has 4 aromatic rings. The van der Waals surface area contributed by atoms with Crippen LogP contribution in [0.1, 0.15) is 12.2 Å². The van der Waals surface area contributed by atoms with Crippen molar-refractivity contribution < 1.29 is 13.5 Å². The van der Waals surface area contributed by atoms with Crippen LogP contribution in [-0.4, -0.2) is 62.8 Å². The van der Waals surface area contributed by atoms with Gasteiger partial charge in [0.15, 0.2) is 11.6 Å². The molecule has 1 aromatic carbocycles. The van der Waals surface area contributed by atoms with Crippen LogP contribution in [0.25, 0.3) is 28.4 Å². The number of hydrogen-bond donors (Lipinski definition) is 2. The van der Waals surface area contributed by atoms with Crippen LogP contribution >= 0.6 is 0 Å². The number of nitrogens with two attached hydrogens (primary N) is 1. The minimum absolute atomic E-state index is 0.0370. The summed E-state index contributed by atoms with van der Waals surface area (Å²) in [6.07, 6.45) is -1.31. The van der Waals surface area contributed by atoms with Crippen LogP contribution in [0.15, 0.2) is 36.5 Å². The predicted octanol–water partition coefficient (Wildman–Crippen LogP) is 2.67. The van der Waals surface area contributed by atoms with Gasteiger partial charge < -0.3 is 20.7 Å². The molecule has 170 valence electrons. The van der Waals surface area contributed by atoms with E-state index in [1.807, 2.05) is 4.90 Å². The molecule has 0 aliphatic carbocycles. The first-order valence-corrected chi connectivity index (χ1v) is 10.3. The molecule has 3 aromatic heterocycles. The average molecular weight is 453 g/mol. The number of fused-ring (bicyclic) bond motifs is 1. The standard InChI is InChI=1S/C21H21F2N9O/c1-25-17-13(10-12(24)11-26-17)18-28-20(31-6-8-33-9-7-31)30-21(29-18)32-15-5-3-2-4-14(15)27-19(32)16(22)23/h2-5,10-11,16H,6-9,24H2,1H3,(H,25,26). The summed E-state index contributed by atoms with van der Waals surface area (Å²) in [5.74, 6) is 0.694. The van der Waals surface area contributed by atoms with Crippen LogP contribution in [0.5, 0.6) is 0 Å². The third-order valence-electron chi connectivity index (χ3n) is 5.27. The average Bonchev–Trinajstić information content (AvgIpc) is 3.24. The number of alkyl halides is 2. The van der Waals surface area contributed by atoms with Crippen molar-refractivity contribution in [2.75, 3.05) is 49.3 Å². The van der Waals surface area contributed by atoms with Gasteiger partial charge >= 0.3 is 0 Å². The monoisotopic (exact) mass is 453 g/mol. The summed E-state index contributed by atoms with van der Waals surface area (Å²) in [5, 5.41) is 2.99. The van der Waals surface area contributed by atoms with E-state index in [1.165, 1.54) is 10.8 Å². The van der Waals surface area contributed by atoms with Crippen molar-refractivity contribution in [3.63, 3.8) is 0 Å². The molecule has 0 bridgehead atoms. The van der Waals surface area contributed by atoms with Crippen LogP contribution in [0.3, 0.4) is 0 Å². The van der Waals surface area contributed by atoms with E-state index in [0.29, 0.717) is 60.4 Å². The molecule has 0 spiro atoms. The first-order valence-electron chi connectivity index (χ1n) is 10.3. The molecule has 10 nitrogen and oxygen atoms in total. The molecule has 0 unspecified atom stereocenters.